The average Bonchev–Trinajstić information content (AvgIpc) is 2.47. The van der Waals surface area contributed by atoms with Gasteiger partial charge in [-0.3, -0.25) is 0 Å². The van der Waals surface area contributed by atoms with Crippen LogP contribution in [0.15, 0.2) is 33.6 Å². The summed E-state index contributed by atoms with van der Waals surface area (Å²) in [5.74, 6) is 0.821. The van der Waals surface area contributed by atoms with E-state index in [1.165, 1.54) is 23.9 Å². The summed E-state index contributed by atoms with van der Waals surface area (Å²) < 4.78 is 51.7. The molecule has 1 unspecified atom stereocenters. The van der Waals surface area contributed by atoms with Crippen LogP contribution in [0.2, 0.25) is 0 Å². The van der Waals surface area contributed by atoms with Gasteiger partial charge < -0.3 is 0 Å². The Morgan fingerprint density at radius 1 is 1.24 bits per heavy atom. The zero-order valence-electron chi connectivity index (χ0n) is 11.4. The number of benzene rings is 1. The molecule has 0 N–H and O–H groups in total. The van der Waals surface area contributed by atoms with Gasteiger partial charge in [0.2, 0.25) is 10.0 Å². The van der Waals surface area contributed by atoms with Gasteiger partial charge in [0.05, 0.1) is 4.90 Å². The van der Waals surface area contributed by atoms with E-state index in [4.69, 9.17) is 0 Å². The predicted octanol–water partition coefficient (Wildman–Crippen LogP) is 1.95. The molecule has 0 aliphatic carbocycles. The van der Waals surface area contributed by atoms with E-state index in [9.17, 15) is 16.8 Å². The third kappa shape index (κ3) is 3.64. The molecule has 21 heavy (non-hydrogen) atoms. The molecule has 0 radical (unpaired) electrons. The molecule has 2 rings (SSSR count). The molecule has 118 valence electrons. The molecule has 1 atom stereocenters. The molecular formula is C12H16BrNO4S3. The Morgan fingerprint density at radius 3 is 2.43 bits per heavy atom. The van der Waals surface area contributed by atoms with Crippen LogP contribution in [0.3, 0.4) is 0 Å². The van der Waals surface area contributed by atoms with Crippen molar-refractivity contribution in [1.82, 2.24) is 4.31 Å². The normalized spacial score (nSPS) is 21.3. The maximum atomic E-state index is 12.7. The lowest BCUT2D eigenvalue weighted by atomic mass is 10.4. The first-order chi connectivity index (χ1) is 9.79. The molecule has 1 aliphatic heterocycles. The van der Waals surface area contributed by atoms with Crippen LogP contribution in [0.5, 0.6) is 0 Å². The molecule has 1 saturated heterocycles. The minimum Gasteiger partial charge on any atom is -0.227 e. The average molecular weight is 414 g/mol. The van der Waals surface area contributed by atoms with Gasteiger partial charge in [-0.2, -0.15) is 16.1 Å². The number of halogens is 1. The third-order valence-electron chi connectivity index (χ3n) is 3.27. The van der Waals surface area contributed by atoms with Gasteiger partial charge in [-0.25, -0.2) is 16.8 Å². The van der Waals surface area contributed by atoms with E-state index < -0.39 is 25.2 Å². The van der Waals surface area contributed by atoms with Gasteiger partial charge in [0, 0.05) is 28.3 Å². The van der Waals surface area contributed by atoms with E-state index in [0.717, 1.165) is 8.78 Å². The zero-order chi connectivity index (χ0) is 15.7. The summed E-state index contributed by atoms with van der Waals surface area (Å²) >= 11 is 4.73. The molecule has 0 saturated carbocycles. The number of rotatable bonds is 4. The van der Waals surface area contributed by atoms with Crippen LogP contribution in [-0.4, -0.2) is 50.3 Å². The largest absolute Gasteiger partial charge is 0.244 e. The standard InChI is InChI=1S/C12H16BrNO4S3/c1-2-20(15,16)12-9-19-8-7-14(12)21(17,18)11-5-3-10(13)4-6-11/h3-6,12H,2,7-9H2,1H3. The highest BCUT2D eigenvalue weighted by molar-refractivity contribution is 9.10. The first kappa shape index (κ1) is 17.3. The van der Waals surface area contributed by atoms with Crippen LogP contribution in [0.4, 0.5) is 0 Å². The topological polar surface area (TPSA) is 71.5 Å². The first-order valence-corrected chi connectivity index (χ1v) is 11.5. The number of thioether (sulfide) groups is 1. The highest BCUT2D eigenvalue weighted by atomic mass is 79.9. The summed E-state index contributed by atoms with van der Waals surface area (Å²) in [5.41, 5.74) is 0. The Kier molecular flexibility index (Phi) is 5.40. The van der Waals surface area contributed by atoms with Crippen molar-refractivity contribution in [3.63, 3.8) is 0 Å². The monoisotopic (exact) mass is 413 g/mol. The van der Waals surface area contributed by atoms with Gasteiger partial charge >= 0.3 is 0 Å². The molecule has 1 aliphatic rings. The van der Waals surface area contributed by atoms with E-state index >= 15 is 0 Å². The summed E-state index contributed by atoms with van der Waals surface area (Å²) in [6.45, 7) is 1.76. The molecule has 0 spiro atoms. The molecule has 1 heterocycles. The van der Waals surface area contributed by atoms with Crippen LogP contribution in [0.1, 0.15) is 6.92 Å². The van der Waals surface area contributed by atoms with Crippen LogP contribution < -0.4 is 0 Å². The maximum Gasteiger partial charge on any atom is 0.244 e. The fourth-order valence-corrected chi connectivity index (χ4v) is 7.57. The minimum absolute atomic E-state index is 0.0649. The van der Waals surface area contributed by atoms with Crippen molar-refractivity contribution in [3.05, 3.63) is 28.7 Å². The number of nitrogens with zero attached hydrogens (tertiary/aromatic N) is 1. The first-order valence-electron chi connectivity index (χ1n) is 6.36. The van der Waals surface area contributed by atoms with Gasteiger partial charge in [-0.15, -0.1) is 0 Å². The fraction of sp³-hybridized carbons (Fsp3) is 0.500. The second kappa shape index (κ2) is 6.57. The number of hydrogen-bond donors (Lipinski definition) is 0. The van der Waals surface area contributed by atoms with Crippen molar-refractivity contribution in [3.8, 4) is 0 Å². The van der Waals surface area contributed by atoms with E-state index in [1.807, 2.05) is 0 Å². The summed E-state index contributed by atoms with van der Waals surface area (Å²) in [7, 11) is -7.25. The lowest BCUT2D eigenvalue weighted by molar-refractivity contribution is 0.404. The van der Waals surface area contributed by atoms with Crippen molar-refractivity contribution < 1.29 is 16.8 Å². The molecule has 9 heteroatoms. The van der Waals surface area contributed by atoms with E-state index in [2.05, 4.69) is 15.9 Å². The Morgan fingerprint density at radius 2 is 1.86 bits per heavy atom. The Bertz CT molecular complexity index is 701. The highest BCUT2D eigenvalue weighted by Crippen LogP contribution is 2.28. The Labute approximate surface area is 138 Å². The molecule has 1 aromatic rings. The summed E-state index contributed by atoms with van der Waals surface area (Å²) in [5, 5.41) is -0.977. The van der Waals surface area contributed by atoms with Gasteiger partial charge in [-0.1, -0.05) is 22.9 Å². The van der Waals surface area contributed by atoms with Crippen molar-refractivity contribution in [2.45, 2.75) is 17.2 Å². The molecule has 5 nitrogen and oxygen atoms in total. The molecule has 0 amide bonds. The molecule has 0 aromatic heterocycles. The van der Waals surface area contributed by atoms with Crippen LogP contribution >= 0.6 is 27.7 Å². The van der Waals surface area contributed by atoms with Gasteiger partial charge in [-0.05, 0) is 24.3 Å². The van der Waals surface area contributed by atoms with E-state index in [1.54, 1.807) is 19.1 Å². The molecule has 0 bridgehead atoms. The second-order valence-electron chi connectivity index (χ2n) is 4.55. The van der Waals surface area contributed by atoms with E-state index in [-0.39, 0.29) is 22.9 Å². The maximum absolute atomic E-state index is 12.7. The van der Waals surface area contributed by atoms with Crippen molar-refractivity contribution in [1.29, 1.82) is 0 Å². The zero-order valence-corrected chi connectivity index (χ0v) is 15.4. The van der Waals surface area contributed by atoms with Gasteiger partial charge in [0.1, 0.15) is 5.37 Å². The summed E-state index contributed by atoms with van der Waals surface area (Å²) in [6.07, 6.45) is 0. The lowest BCUT2D eigenvalue weighted by Gasteiger charge is -2.33. The Balaban J connectivity index is 2.43. The number of hydrogen-bond acceptors (Lipinski definition) is 5. The van der Waals surface area contributed by atoms with Crippen LogP contribution in [-0.2, 0) is 19.9 Å². The molecule has 1 aromatic carbocycles. The smallest absolute Gasteiger partial charge is 0.227 e. The van der Waals surface area contributed by atoms with Crippen molar-refractivity contribution in [2.75, 3.05) is 23.8 Å². The van der Waals surface area contributed by atoms with Crippen LogP contribution in [0, 0.1) is 0 Å². The lowest BCUT2D eigenvalue weighted by Crippen LogP contribution is -2.50. The Hall–Kier alpha value is -0.0900. The SMILES string of the molecule is CCS(=O)(=O)C1CSCCN1S(=O)(=O)c1ccc(Br)cc1. The van der Waals surface area contributed by atoms with Crippen molar-refractivity contribution >= 4 is 47.6 Å². The summed E-state index contributed by atoms with van der Waals surface area (Å²) in [6, 6.07) is 6.23. The highest BCUT2D eigenvalue weighted by Gasteiger charge is 2.40. The fourth-order valence-electron chi connectivity index (χ4n) is 2.06. The van der Waals surface area contributed by atoms with Crippen LogP contribution in [0.25, 0.3) is 0 Å². The molecular weight excluding hydrogens is 398 g/mol. The number of sulfone groups is 1. The predicted molar refractivity (Wildman–Crippen MR) is 88.6 cm³/mol. The van der Waals surface area contributed by atoms with E-state index in [0.29, 0.717) is 5.75 Å². The molecule has 1 fully saturated rings. The van der Waals surface area contributed by atoms with Crippen molar-refractivity contribution in [2.24, 2.45) is 0 Å². The minimum atomic E-state index is -3.80. The number of sulfonamides is 1. The van der Waals surface area contributed by atoms with Gasteiger partial charge in [0.15, 0.2) is 9.84 Å². The van der Waals surface area contributed by atoms with Gasteiger partial charge in [0.25, 0.3) is 0 Å². The third-order valence-corrected chi connectivity index (χ3v) is 9.15. The quantitative estimate of drug-likeness (QED) is 0.753. The summed E-state index contributed by atoms with van der Waals surface area (Å²) in [4.78, 5) is 0.119. The second-order valence-corrected chi connectivity index (χ2v) is 11.0.